The average molecular weight is 240 g/mol. The molecule has 0 radical (unpaired) electrons. The number of likely N-dealkylation sites (N-methyl/N-ethyl adjacent to an activating group) is 1. The highest BCUT2D eigenvalue weighted by Crippen LogP contribution is 2.08. The van der Waals surface area contributed by atoms with Crippen LogP contribution in [0.2, 0.25) is 0 Å². The van der Waals surface area contributed by atoms with Gasteiger partial charge in [0.2, 0.25) is 0 Å². The molecule has 0 aliphatic rings. The van der Waals surface area contributed by atoms with Gasteiger partial charge in [0.05, 0.1) is 0 Å². The molecule has 2 heteroatoms. The molecule has 0 bridgehead atoms. The van der Waals surface area contributed by atoms with E-state index in [1.807, 2.05) is 55.6 Å². The van der Waals surface area contributed by atoms with Gasteiger partial charge in [-0.15, -0.1) is 0 Å². The molecular formula is C16H20N2. The van der Waals surface area contributed by atoms with Gasteiger partial charge in [-0.05, 0) is 22.8 Å². The van der Waals surface area contributed by atoms with E-state index in [1.54, 1.807) is 0 Å². The highest BCUT2D eigenvalue weighted by molar-refractivity contribution is 5.54. The molecule has 2 nitrogen and oxygen atoms in total. The first-order chi connectivity index (χ1) is 8.65. The quantitative estimate of drug-likeness (QED) is 0.750. The van der Waals surface area contributed by atoms with Crippen LogP contribution in [0, 0.1) is 0 Å². The number of nitrogens with two attached hydrogens (primary N) is 1. The van der Waals surface area contributed by atoms with Crippen LogP contribution in [0.4, 0.5) is 0 Å². The Balaban J connectivity index is 2.60. The summed E-state index contributed by atoms with van der Waals surface area (Å²) in [5, 5.41) is 2.95. The second-order valence-electron chi connectivity index (χ2n) is 3.96. The molecule has 0 aliphatic carbocycles. The van der Waals surface area contributed by atoms with E-state index >= 15 is 0 Å². The van der Waals surface area contributed by atoms with E-state index < -0.39 is 0 Å². The van der Waals surface area contributed by atoms with Crippen LogP contribution in [-0.4, -0.2) is 7.05 Å². The van der Waals surface area contributed by atoms with Crippen LogP contribution in [0.25, 0.3) is 6.08 Å². The van der Waals surface area contributed by atoms with Crippen molar-refractivity contribution in [1.82, 2.24) is 5.32 Å². The summed E-state index contributed by atoms with van der Waals surface area (Å²) in [6, 6.07) is 8.15. The summed E-state index contributed by atoms with van der Waals surface area (Å²) in [6.07, 6.45) is 7.81. The third kappa shape index (κ3) is 4.85. The van der Waals surface area contributed by atoms with Gasteiger partial charge in [0, 0.05) is 19.3 Å². The molecule has 0 atom stereocenters. The molecule has 0 heterocycles. The van der Waals surface area contributed by atoms with Gasteiger partial charge in [-0.25, -0.2) is 0 Å². The van der Waals surface area contributed by atoms with Crippen LogP contribution in [0.5, 0.6) is 0 Å². The molecule has 1 aromatic rings. The lowest BCUT2D eigenvalue weighted by Gasteiger charge is -1.98. The van der Waals surface area contributed by atoms with Crippen molar-refractivity contribution in [2.24, 2.45) is 5.73 Å². The molecule has 18 heavy (non-hydrogen) atoms. The Hall–Kier alpha value is -2.06. The maximum Gasteiger partial charge on any atom is 0.0264 e. The molecule has 0 saturated carbocycles. The van der Waals surface area contributed by atoms with E-state index in [1.165, 1.54) is 0 Å². The minimum absolute atomic E-state index is 0.575. The fourth-order valence-electron chi connectivity index (χ4n) is 1.31. The summed E-state index contributed by atoms with van der Waals surface area (Å²) in [7, 11) is 1.84. The number of allylic oxidation sites excluding steroid dienone is 4. The van der Waals surface area contributed by atoms with E-state index in [0.717, 1.165) is 22.4 Å². The summed E-state index contributed by atoms with van der Waals surface area (Å²) >= 11 is 0. The van der Waals surface area contributed by atoms with Crippen molar-refractivity contribution >= 4 is 6.08 Å². The first-order valence-electron chi connectivity index (χ1n) is 5.86. The standard InChI is InChI=1S/C16H20N2/c1-13(4-6-14(2)18-3)5-7-15-8-10-16(12-17)11-9-15/h4-11,18H,1-2,12,17H2,3H3/b6-4-,7-5+. The molecule has 1 aromatic carbocycles. The van der Waals surface area contributed by atoms with Crippen LogP contribution in [0.1, 0.15) is 11.1 Å². The molecule has 0 aromatic heterocycles. The first-order valence-corrected chi connectivity index (χ1v) is 5.86. The summed E-state index contributed by atoms with van der Waals surface area (Å²) in [4.78, 5) is 0. The van der Waals surface area contributed by atoms with E-state index in [4.69, 9.17) is 5.73 Å². The summed E-state index contributed by atoms with van der Waals surface area (Å²) in [5.74, 6) is 0. The Kier molecular flexibility index (Phi) is 5.68. The zero-order valence-corrected chi connectivity index (χ0v) is 10.8. The van der Waals surface area contributed by atoms with Crippen molar-refractivity contribution in [1.29, 1.82) is 0 Å². The summed E-state index contributed by atoms with van der Waals surface area (Å²) in [5.41, 5.74) is 9.60. The first kappa shape index (κ1) is 14.0. The normalized spacial score (nSPS) is 11.0. The largest absolute Gasteiger partial charge is 0.389 e. The molecule has 0 spiro atoms. The maximum absolute atomic E-state index is 5.55. The number of hydrogen-bond donors (Lipinski definition) is 2. The third-order valence-corrected chi connectivity index (χ3v) is 2.52. The average Bonchev–Trinajstić information content (AvgIpc) is 2.42. The number of nitrogens with one attached hydrogen (secondary N) is 1. The van der Waals surface area contributed by atoms with E-state index in [0.29, 0.717) is 6.54 Å². The number of hydrogen-bond acceptors (Lipinski definition) is 2. The Morgan fingerprint density at radius 2 is 1.83 bits per heavy atom. The summed E-state index contributed by atoms with van der Waals surface area (Å²) < 4.78 is 0. The Bertz CT molecular complexity index is 464. The van der Waals surface area contributed by atoms with Crippen LogP contribution in [0.3, 0.4) is 0 Å². The highest BCUT2D eigenvalue weighted by atomic mass is 14.8. The number of rotatable bonds is 6. The van der Waals surface area contributed by atoms with Gasteiger partial charge in [-0.1, -0.05) is 55.7 Å². The predicted octanol–water partition coefficient (Wildman–Crippen LogP) is 3.00. The SMILES string of the molecule is C=C(/C=C\C(=C)NC)/C=C/c1ccc(CN)cc1. The van der Waals surface area contributed by atoms with Crippen molar-refractivity contribution < 1.29 is 0 Å². The third-order valence-electron chi connectivity index (χ3n) is 2.52. The van der Waals surface area contributed by atoms with E-state index in [2.05, 4.69) is 18.5 Å². The van der Waals surface area contributed by atoms with Gasteiger partial charge in [0.15, 0.2) is 0 Å². The fourth-order valence-corrected chi connectivity index (χ4v) is 1.31. The van der Waals surface area contributed by atoms with Gasteiger partial charge in [0.25, 0.3) is 0 Å². The van der Waals surface area contributed by atoms with Crippen LogP contribution < -0.4 is 11.1 Å². The van der Waals surface area contributed by atoms with Gasteiger partial charge >= 0.3 is 0 Å². The topological polar surface area (TPSA) is 38.0 Å². The predicted molar refractivity (Wildman–Crippen MR) is 79.8 cm³/mol. The van der Waals surface area contributed by atoms with Crippen molar-refractivity contribution in [2.45, 2.75) is 6.54 Å². The molecule has 3 N–H and O–H groups in total. The molecule has 1 rings (SSSR count). The van der Waals surface area contributed by atoms with Crippen LogP contribution in [-0.2, 0) is 6.54 Å². The zero-order valence-electron chi connectivity index (χ0n) is 10.8. The van der Waals surface area contributed by atoms with Crippen molar-refractivity contribution in [3.63, 3.8) is 0 Å². The smallest absolute Gasteiger partial charge is 0.0264 e. The van der Waals surface area contributed by atoms with Crippen molar-refractivity contribution in [2.75, 3.05) is 7.05 Å². The molecule has 0 amide bonds. The molecule has 94 valence electrons. The monoisotopic (exact) mass is 240 g/mol. The lowest BCUT2D eigenvalue weighted by molar-refractivity contribution is 1.04. The highest BCUT2D eigenvalue weighted by Gasteiger charge is 1.89. The molecule has 0 fully saturated rings. The zero-order chi connectivity index (χ0) is 13.4. The second-order valence-corrected chi connectivity index (χ2v) is 3.96. The van der Waals surface area contributed by atoms with Gasteiger partial charge in [-0.2, -0.15) is 0 Å². The Morgan fingerprint density at radius 3 is 2.39 bits per heavy atom. The lowest BCUT2D eigenvalue weighted by atomic mass is 10.1. The van der Waals surface area contributed by atoms with Crippen LogP contribution >= 0.6 is 0 Å². The van der Waals surface area contributed by atoms with E-state index in [9.17, 15) is 0 Å². The fraction of sp³-hybridized carbons (Fsp3) is 0.125. The molecule has 0 aliphatic heterocycles. The van der Waals surface area contributed by atoms with E-state index in [-0.39, 0.29) is 0 Å². The second kappa shape index (κ2) is 7.30. The minimum atomic E-state index is 0.575. The minimum Gasteiger partial charge on any atom is -0.389 e. The Morgan fingerprint density at radius 1 is 1.17 bits per heavy atom. The molecule has 0 saturated heterocycles. The summed E-state index contributed by atoms with van der Waals surface area (Å²) in [6.45, 7) is 8.33. The Labute approximate surface area is 109 Å². The van der Waals surface area contributed by atoms with Gasteiger partial charge in [-0.3, -0.25) is 0 Å². The van der Waals surface area contributed by atoms with Crippen LogP contribution in [0.15, 0.2) is 66.9 Å². The molecule has 0 unspecified atom stereocenters. The maximum atomic E-state index is 5.55. The lowest BCUT2D eigenvalue weighted by Crippen LogP contribution is -2.00. The van der Waals surface area contributed by atoms with Crippen molar-refractivity contribution in [3.8, 4) is 0 Å². The molecular weight excluding hydrogens is 220 g/mol. The van der Waals surface area contributed by atoms with Gasteiger partial charge in [0.1, 0.15) is 0 Å². The number of benzene rings is 1. The van der Waals surface area contributed by atoms with Crippen molar-refractivity contribution in [3.05, 3.63) is 78.0 Å². The van der Waals surface area contributed by atoms with Gasteiger partial charge < -0.3 is 11.1 Å².